The summed E-state index contributed by atoms with van der Waals surface area (Å²) in [6, 6.07) is 8.24. The van der Waals surface area contributed by atoms with Gasteiger partial charge in [0.15, 0.2) is 0 Å². The number of carbonyl (C=O) groups excluding carboxylic acids is 1. The largest absolute Gasteiger partial charge is 0.496 e. The third-order valence-electron chi connectivity index (χ3n) is 8.35. The lowest BCUT2D eigenvalue weighted by atomic mass is 9.59. The summed E-state index contributed by atoms with van der Waals surface area (Å²) in [5.41, 5.74) is 3.55. The SMILES string of the molecule is COc1cc(C)c2[nH]ccc2c1CN1CCC2(C[C@H]1c1ccc(C(=O)NC(C)C(F)(F)F)cc1)CC(F)(F)C2. The number of nitrogens with one attached hydrogen (secondary N) is 2. The average Bonchev–Trinajstić information content (AvgIpc) is 3.35. The van der Waals surface area contributed by atoms with Crippen LogP contribution in [0.4, 0.5) is 22.0 Å². The molecule has 2 fully saturated rings. The van der Waals surface area contributed by atoms with Gasteiger partial charge in [-0.05, 0) is 74.0 Å². The lowest BCUT2D eigenvalue weighted by molar-refractivity contribution is -0.186. The number of likely N-dealkylation sites (tertiary alicyclic amines) is 1. The van der Waals surface area contributed by atoms with Crippen molar-refractivity contribution < 1.29 is 31.5 Å². The van der Waals surface area contributed by atoms with E-state index in [1.54, 1.807) is 19.2 Å². The highest BCUT2D eigenvalue weighted by atomic mass is 19.4. The minimum Gasteiger partial charge on any atom is -0.496 e. The summed E-state index contributed by atoms with van der Waals surface area (Å²) in [7, 11) is 1.62. The van der Waals surface area contributed by atoms with Crippen molar-refractivity contribution in [1.82, 2.24) is 15.2 Å². The fraction of sp³-hybridized carbons (Fsp3) is 0.483. The maximum Gasteiger partial charge on any atom is 0.408 e. The number of hydrogen-bond acceptors (Lipinski definition) is 3. The third-order valence-corrected chi connectivity index (χ3v) is 8.35. The number of alkyl halides is 5. The fourth-order valence-electron chi connectivity index (χ4n) is 6.27. The first-order valence-electron chi connectivity index (χ1n) is 13.0. The monoisotopic (exact) mass is 549 g/mol. The van der Waals surface area contributed by atoms with Crippen molar-refractivity contribution >= 4 is 16.8 Å². The van der Waals surface area contributed by atoms with Crippen molar-refractivity contribution in [1.29, 1.82) is 0 Å². The van der Waals surface area contributed by atoms with Gasteiger partial charge in [0, 0.05) is 53.7 Å². The van der Waals surface area contributed by atoms with Crippen LogP contribution in [0, 0.1) is 12.3 Å². The van der Waals surface area contributed by atoms with Gasteiger partial charge in [0.2, 0.25) is 5.92 Å². The zero-order valence-electron chi connectivity index (χ0n) is 22.1. The van der Waals surface area contributed by atoms with Crippen LogP contribution in [0.15, 0.2) is 42.6 Å². The molecular weight excluding hydrogens is 517 g/mol. The molecule has 1 aliphatic carbocycles. The van der Waals surface area contributed by atoms with Crippen molar-refractivity contribution in [2.75, 3.05) is 13.7 Å². The Labute approximate surface area is 223 Å². The molecule has 1 saturated carbocycles. The van der Waals surface area contributed by atoms with Gasteiger partial charge in [-0.25, -0.2) is 8.78 Å². The van der Waals surface area contributed by atoms with E-state index in [0.717, 1.165) is 40.3 Å². The second-order valence-electron chi connectivity index (χ2n) is 11.1. The number of fused-ring (bicyclic) bond motifs is 1. The van der Waals surface area contributed by atoms with Crippen LogP contribution in [0.1, 0.15) is 65.7 Å². The highest BCUT2D eigenvalue weighted by Crippen LogP contribution is 2.60. The number of piperidine rings is 1. The molecule has 1 amide bonds. The quantitative estimate of drug-likeness (QED) is 0.328. The zero-order chi connectivity index (χ0) is 28.2. The van der Waals surface area contributed by atoms with Gasteiger partial charge >= 0.3 is 6.18 Å². The molecule has 1 aliphatic heterocycles. The van der Waals surface area contributed by atoms with Crippen LogP contribution in [-0.4, -0.2) is 47.6 Å². The van der Waals surface area contributed by atoms with Crippen molar-refractivity contribution in [3.05, 3.63) is 64.8 Å². The van der Waals surface area contributed by atoms with Crippen molar-refractivity contribution in [2.45, 2.75) is 70.3 Å². The topological polar surface area (TPSA) is 57.4 Å². The predicted molar refractivity (Wildman–Crippen MR) is 138 cm³/mol. The molecule has 1 saturated heterocycles. The number of aromatic amines is 1. The minimum absolute atomic E-state index is 0.108. The first-order valence-corrected chi connectivity index (χ1v) is 13.0. The smallest absolute Gasteiger partial charge is 0.408 e. The molecule has 1 aromatic heterocycles. The lowest BCUT2D eigenvalue weighted by Gasteiger charge is -2.54. The Morgan fingerprint density at radius 2 is 1.90 bits per heavy atom. The highest BCUT2D eigenvalue weighted by Gasteiger charge is 2.58. The first kappa shape index (κ1) is 27.4. The van der Waals surface area contributed by atoms with Gasteiger partial charge in [-0.3, -0.25) is 9.69 Å². The normalized spacial score (nSPS) is 21.5. The Balaban J connectivity index is 1.43. The summed E-state index contributed by atoms with van der Waals surface area (Å²) in [5.74, 6) is -2.72. The molecule has 2 N–H and O–H groups in total. The molecule has 10 heteroatoms. The average molecular weight is 550 g/mol. The van der Waals surface area contributed by atoms with E-state index < -0.39 is 29.5 Å². The number of amides is 1. The maximum atomic E-state index is 14.0. The van der Waals surface area contributed by atoms with Crippen LogP contribution in [0.3, 0.4) is 0 Å². The molecule has 2 aromatic carbocycles. The number of carbonyl (C=O) groups is 1. The van der Waals surface area contributed by atoms with Crippen LogP contribution in [-0.2, 0) is 6.54 Å². The number of ether oxygens (including phenoxy) is 1. The Morgan fingerprint density at radius 1 is 1.21 bits per heavy atom. The van der Waals surface area contributed by atoms with Crippen LogP contribution in [0.25, 0.3) is 10.9 Å². The fourth-order valence-corrected chi connectivity index (χ4v) is 6.27. The summed E-state index contributed by atoms with van der Waals surface area (Å²) in [6.45, 7) is 4.03. The Kier molecular flexibility index (Phi) is 6.89. The molecule has 39 heavy (non-hydrogen) atoms. The van der Waals surface area contributed by atoms with Crippen LogP contribution in [0.5, 0.6) is 5.75 Å². The molecule has 1 unspecified atom stereocenters. The molecule has 5 nitrogen and oxygen atoms in total. The summed E-state index contributed by atoms with van der Waals surface area (Å²) in [4.78, 5) is 17.9. The summed E-state index contributed by atoms with van der Waals surface area (Å²) >= 11 is 0. The Morgan fingerprint density at radius 3 is 2.51 bits per heavy atom. The van der Waals surface area contributed by atoms with Crippen LogP contribution < -0.4 is 10.1 Å². The number of aromatic nitrogens is 1. The minimum atomic E-state index is -4.54. The van der Waals surface area contributed by atoms with Gasteiger partial charge in [-0.15, -0.1) is 0 Å². The van der Waals surface area contributed by atoms with Gasteiger partial charge in [0.25, 0.3) is 5.91 Å². The molecule has 0 bridgehead atoms. The third kappa shape index (κ3) is 5.35. The number of H-pyrrole nitrogens is 1. The molecule has 2 heterocycles. The number of halogens is 5. The number of aryl methyl sites for hydroxylation is 1. The Hall–Kier alpha value is -3.14. The summed E-state index contributed by atoms with van der Waals surface area (Å²) < 4.78 is 72.4. The summed E-state index contributed by atoms with van der Waals surface area (Å²) in [5, 5.41) is 3.01. The van der Waals surface area contributed by atoms with Gasteiger partial charge < -0.3 is 15.0 Å². The van der Waals surface area contributed by atoms with E-state index in [2.05, 4.69) is 9.88 Å². The van der Waals surface area contributed by atoms with E-state index in [9.17, 15) is 26.7 Å². The Bertz CT molecular complexity index is 1360. The van der Waals surface area contributed by atoms with Crippen molar-refractivity contribution in [3.63, 3.8) is 0 Å². The molecule has 2 atom stereocenters. The highest BCUT2D eigenvalue weighted by molar-refractivity contribution is 5.94. The standard InChI is InChI=1S/C29H32F5N3O2/c1-17-12-24(39-3)22(21-8-10-35-25(17)21)14-37-11-9-27(15-28(30,31)16-27)13-23(37)19-4-6-20(7-5-19)26(38)36-18(2)29(32,33)34/h4-8,10,12,18,23,35H,9,11,13-16H2,1-3H3,(H,36,38)/t18?,23-/m0/s1. The van der Waals surface area contributed by atoms with E-state index in [-0.39, 0.29) is 24.4 Å². The first-order chi connectivity index (χ1) is 18.3. The molecule has 2 aliphatic rings. The molecule has 210 valence electrons. The number of nitrogens with zero attached hydrogens (tertiary/aromatic N) is 1. The molecule has 0 radical (unpaired) electrons. The van der Waals surface area contributed by atoms with Gasteiger partial charge in [-0.1, -0.05) is 12.1 Å². The second-order valence-corrected chi connectivity index (χ2v) is 11.1. The zero-order valence-corrected chi connectivity index (χ0v) is 22.1. The number of methoxy groups -OCH3 is 1. The van der Waals surface area contributed by atoms with Crippen molar-refractivity contribution in [2.24, 2.45) is 5.41 Å². The van der Waals surface area contributed by atoms with E-state index in [1.807, 2.05) is 30.6 Å². The number of hydrogen-bond donors (Lipinski definition) is 2. The number of benzene rings is 2. The van der Waals surface area contributed by atoms with Gasteiger partial charge in [0.05, 0.1) is 7.11 Å². The summed E-state index contributed by atoms with van der Waals surface area (Å²) in [6.07, 6.45) is -1.77. The molecule has 3 aromatic rings. The second kappa shape index (κ2) is 9.80. The molecule has 1 spiro atoms. The lowest BCUT2D eigenvalue weighted by Crippen LogP contribution is -2.53. The number of rotatable bonds is 6. The maximum absolute atomic E-state index is 14.0. The van der Waals surface area contributed by atoms with Gasteiger partial charge in [0.1, 0.15) is 11.8 Å². The van der Waals surface area contributed by atoms with E-state index >= 15 is 0 Å². The predicted octanol–water partition coefficient (Wildman–Crippen LogP) is 6.92. The van der Waals surface area contributed by atoms with E-state index in [1.165, 1.54) is 12.1 Å². The molecular formula is C29H32F5N3O2. The van der Waals surface area contributed by atoms with E-state index in [4.69, 9.17) is 4.74 Å². The van der Waals surface area contributed by atoms with E-state index in [0.29, 0.717) is 25.9 Å². The van der Waals surface area contributed by atoms with Crippen LogP contribution in [0.2, 0.25) is 0 Å². The molecule has 5 rings (SSSR count). The van der Waals surface area contributed by atoms with Gasteiger partial charge in [-0.2, -0.15) is 13.2 Å². The van der Waals surface area contributed by atoms with Crippen molar-refractivity contribution in [3.8, 4) is 5.75 Å². The van der Waals surface area contributed by atoms with Crippen LogP contribution >= 0.6 is 0 Å².